The molecule has 2 aromatic carbocycles. The first kappa shape index (κ1) is 19.7. The zero-order valence-corrected chi connectivity index (χ0v) is 14.6. The number of hydrogen-bond donors (Lipinski definition) is 2. The van der Waals surface area contributed by atoms with Gasteiger partial charge in [-0.2, -0.15) is 13.2 Å². The summed E-state index contributed by atoms with van der Waals surface area (Å²) in [4.78, 5) is -0.291. The summed E-state index contributed by atoms with van der Waals surface area (Å²) in [5, 5.41) is 10.3. The highest BCUT2D eigenvalue weighted by molar-refractivity contribution is 7.89. The molecule has 2 rings (SSSR count). The van der Waals surface area contributed by atoms with Gasteiger partial charge in [0.05, 0.1) is 11.4 Å². The molecule has 0 spiro atoms. The maximum absolute atomic E-state index is 13.4. The average Bonchev–Trinajstić information content (AvgIpc) is 2.55. The van der Waals surface area contributed by atoms with E-state index >= 15 is 0 Å². The zero-order valence-electron chi connectivity index (χ0n) is 13.0. The van der Waals surface area contributed by atoms with E-state index in [1.807, 2.05) is 4.72 Å². The Hall–Kier alpha value is -1.61. The average molecular weight is 394 g/mol. The Balaban J connectivity index is 2.33. The summed E-state index contributed by atoms with van der Waals surface area (Å²) >= 11 is 5.86. The van der Waals surface area contributed by atoms with Gasteiger partial charge in [0.2, 0.25) is 10.0 Å². The first-order chi connectivity index (χ1) is 11.5. The second kappa shape index (κ2) is 6.95. The van der Waals surface area contributed by atoms with E-state index in [1.54, 1.807) is 6.92 Å². The van der Waals surface area contributed by atoms with Gasteiger partial charge < -0.3 is 5.11 Å². The molecule has 2 aromatic rings. The van der Waals surface area contributed by atoms with Crippen molar-refractivity contribution in [3.8, 4) is 0 Å². The van der Waals surface area contributed by atoms with E-state index in [4.69, 9.17) is 11.6 Å². The molecule has 2 N–H and O–H groups in total. The Kier molecular flexibility index (Phi) is 5.48. The molecular weight excluding hydrogens is 379 g/mol. The van der Waals surface area contributed by atoms with Crippen LogP contribution in [0.2, 0.25) is 5.02 Å². The van der Waals surface area contributed by atoms with Crippen LogP contribution in [0.25, 0.3) is 0 Å². The van der Waals surface area contributed by atoms with Crippen LogP contribution in [-0.4, -0.2) is 26.2 Å². The molecule has 0 aromatic heterocycles. The smallest absolute Gasteiger partial charge is 0.375 e. The fraction of sp³-hybridized carbons (Fsp3) is 0.250. The number of sulfonamides is 1. The van der Waals surface area contributed by atoms with E-state index in [0.717, 1.165) is 18.2 Å². The predicted molar refractivity (Wildman–Crippen MR) is 87.8 cm³/mol. The molecule has 1 atom stereocenters. The molecule has 0 saturated carbocycles. The maximum Gasteiger partial charge on any atom is 0.422 e. The van der Waals surface area contributed by atoms with Crippen molar-refractivity contribution in [3.05, 3.63) is 64.7 Å². The van der Waals surface area contributed by atoms with Gasteiger partial charge in [-0.05, 0) is 30.2 Å². The fourth-order valence-corrected chi connectivity index (χ4v) is 3.43. The monoisotopic (exact) mass is 393 g/mol. The molecule has 0 bridgehead atoms. The number of alkyl halides is 3. The lowest BCUT2D eigenvalue weighted by Crippen LogP contribution is -2.51. The summed E-state index contributed by atoms with van der Waals surface area (Å²) in [5.41, 5.74) is -3.21. The summed E-state index contributed by atoms with van der Waals surface area (Å²) in [6.45, 7) is 0.387. The highest BCUT2D eigenvalue weighted by Crippen LogP contribution is 2.38. The summed E-state index contributed by atoms with van der Waals surface area (Å²) < 4.78 is 66.5. The van der Waals surface area contributed by atoms with Crippen LogP contribution in [0, 0.1) is 6.92 Å². The summed E-state index contributed by atoms with van der Waals surface area (Å²) in [7, 11) is -4.30. The van der Waals surface area contributed by atoms with Crippen LogP contribution < -0.4 is 4.72 Å². The number of nitrogens with one attached hydrogen (secondary N) is 1. The highest BCUT2D eigenvalue weighted by atomic mass is 35.5. The Bertz CT molecular complexity index is 857. The predicted octanol–water partition coefficient (Wildman–Crippen LogP) is 3.38. The third kappa shape index (κ3) is 4.14. The summed E-state index contributed by atoms with van der Waals surface area (Å²) in [6, 6.07) is 10.1. The molecule has 136 valence electrons. The number of rotatable bonds is 5. The van der Waals surface area contributed by atoms with E-state index in [9.17, 15) is 26.7 Å². The lowest BCUT2D eigenvalue weighted by atomic mass is 9.93. The first-order valence-corrected chi connectivity index (χ1v) is 8.94. The molecule has 0 aliphatic heterocycles. The number of aliphatic hydroxyl groups is 1. The first-order valence-electron chi connectivity index (χ1n) is 7.08. The van der Waals surface area contributed by atoms with E-state index < -0.39 is 33.9 Å². The number of halogens is 4. The van der Waals surface area contributed by atoms with Crippen molar-refractivity contribution in [2.24, 2.45) is 0 Å². The van der Waals surface area contributed by atoms with Gasteiger partial charge in [-0.25, -0.2) is 13.1 Å². The molecular formula is C16H15ClF3NO3S. The third-order valence-corrected chi connectivity index (χ3v) is 5.50. The quantitative estimate of drug-likeness (QED) is 0.818. The van der Waals surface area contributed by atoms with Crippen LogP contribution in [0.3, 0.4) is 0 Å². The second-order valence-electron chi connectivity index (χ2n) is 5.46. The van der Waals surface area contributed by atoms with Gasteiger partial charge in [0, 0.05) is 5.02 Å². The minimum Gasteiger partial charge on any atom is -0.375 e. The molecule has 25 heavy (non-hydrogen) atoms. The van der Waals surface area contributed by atoms with Crippen LogP contribution in [-0.2, 0) is 15.6 Å². The molecule has 1 unspecified atom stereocenters. The third-order valence-electron chi connectivity index (χ3n) is 3.69. The normalized spacial score (nSPS) is 15.0. The lowest BCUT2D eigenvalue weighted by molar-refractivity contribution is -0.263. The van der Waals surface area contributed by atoms with Gasteiger partial charge in [-0.15, -0.1) is 0 Å². The number of benzene rings is 2. The molecule has 0 saturated heterocycles. The van der Waals surface area contributed by atoms with E-state index in [1.165, 1.54) is 30.3 Å². The van der Waals surface area contributed by atoms with Crippen molar-refractivity contribution >= 4 is 21.6 Å². The Morgan fingerprint density at radius 1 is 1.12 bits per heavy atom. The van der Waals surface area contributed by atoms with Gasteiger partial charge in [0.1, 0.15) is 0 Å². The molecule has 0 radical (unpaired) electrons. The van der Waals surface area contributed by atoms with Crippen LogP contribution >= 0.6 is 11.6 Å². The summed E-state index contributed by atoms with van der Waals surface area (Å²) in [5.74, 6) is 0. The van der Waals surface area contributed by atoms with Crippen LogP contribution in [0.4, 0.5) is 13.2 Å². The van der Waals surface area contributed by atoms with Crippen molar-refractivity contribution in [1.82, 2.24) is 4.72 Å². The molecule has 9 heteroatoms. The van der Waals surface area contributed by atoms with Gasteiger partial charge in [0.25, 0.3) is 0 Å². The Labute approximate surface area is 148 Å². The molecule has 0 aliphatic rings. The molecule has 0 fully saturated rings. The van der Waals surface area contributed by atoms with Crippen molar-refractivity contribution in [2.75, 3.05) is 6.54 Å². The van der Waals surface area contributed by atoms with Gasteiger partial charge in [0.15, 0.2) is 5.60 Å². The van der Waals surface area contributed by atoms with Crippen molar-refractivity contribution in [3.63, 3.8) is 0 Å². The van der Waals surface area contributed by atoms with Gasteiger partial charge in [-0.1, -0.05) is 48.0 Å². The molecule has 4 nitrogen and oxygen atoms in total. The molecule has 0 amide bonds. The van der Waals surface area contributed by atoms with Crippen molar-refractivity contribution in [2.45, 2.75) is 23.6 Å². The minimum atomic E-state index is -5.08. The maximum atomic E-state index is 13.4. The fourth-order valence-electron chi connectivity index (χ4n) is 2.10. The Morgan fingerprint density at radius 3 is 2.24 bits per heavy atom. The standard InChI is InChI=1S/C16H15ClF3NO3S/c1-11-7-8-13(9-14(11)17)25(23,24)21-10-15(22,16(18,19)20)12-5-3-2-4-6-12/h2-9,21-22H,10H2,1H3. The summed E-state index contributed by atoms with van der Waals surface area (Å²) in [6.07, 6.45) is -5.08. The van der Waals surface area contributed by atoms with Crippen LogP contribution in [0.5, 0.6) is 0 Å². The van der Waals surface area contributed by atoms with E-state index in [-0.39, 0.29) is 9.92 Å². The minimum absolute atomic E-state index is 0.164. The van der Waals surface area contributed by atoms with Crippen molar-refractivity contribution < 1.29 is 26.7 Å². The van der Waals surface area contributed by atoms with Crippen LogP contribution in [0.15, 0.2) is 53.4 Å². The number of hydrogen-bond acceptors (Lipinski definition) is 3. The largest absolute Gasteiger partial charge is 0.422 e. The van der Waals surface area contributed by atoms with Crippen molar-refractivity contribution in [1.29, 1.82) is 0 Å². The highest BCUT2D eigenvalue weighted by Gasteiger charge is 2.55. The lowest BCUT2D eigenvalue weighted by Gasteiger charge is -2.31. The number of aryl methyl sites for hydroxylation is 1. The topological polar surface area (TPSA) is 66.4 Å². The molecule has 0 aliphatic carbocycles. The van der Waals surface area contributed by atoms with Gasteiger partial charge in [-0.3, -0.25) is 0 Å². The molecule has 0 heterocycles. The SMILES string of the molecule is Cc1ccc(S(=O)(=O)NCC(O)(c2ccccc2)C(F)(F)F)cc1Cl. The Morgan fingerprint density at radius 2 is 1.72 bits per heavy atom. The van der Waals surface area contributed by atoms with E-state index in [2.05, 4.69) is 0 Å². The van der Waals surface area contributed by atoms with E-state index in [0.29, 0.717) is 5.56 Å². The van der Waals surface area contributed by atoms with Gasteiger partial charge >= 0.3 is 6.18 Å². The second-order valence-corrected chi connectivity index (χ2v) is 7.63. The van der Waals surface area contributed by atoms with Crippen LogP contribution in [0.1, 0.15) is 11.1 Å². The zero-order chi connectivity index (χ0) is 18.9.